The summed E-state index contributed by atoms with van der Waals surface area (Å²) in [6, 6.07) is 8.83. The third-order valence-corrected chi connectivity index (χ3v) is 8.29. The monoisotopic (exact) mass is 489 g/mol. The minimum atomic E-state index is -3.77. The molecule has 2 saturated heterocycles. The lowest BCUT2D eigenvalue weighted by atomic mass is 10.1. The molecule has 182 valence electrons. The highest BCUT2D eigenvalue weighted by Crippen LogP contribution is 2.30. The van der Waals surface area contributed by atoms with Crippen molar-refractivity contribution in [2.45, 2.75) is 24.7 Å². The maximum absolute atomic E-state index is 13.9. The first-order valence-electron chi connectivity index (χ1n) is 11.3. The van der Waals surface area contributed by atoms with E-state index < -0.39 is 15.8 Å². The Kier molecular flexibility index (Phi) is 6.90. The van der Waals surface area contributed by atoms with Crippen LogP contribution in [0.2, 0.25) is 0 Å². The molecule has 0 unspecified atom stereocenters. The van der Waals surface area contributed by atoms with Crippen molar-refractivity contribution < 1.29 is 27.1 Å². The number of sulfonamides is 1. The highest BCUT2D eigenvalue weighted by atomic mass is 32.2. The normalized spacial score (nSPS) is 17.1. The minimum absolute atomic E-state index is 0.0158. The van der Waals surface area contributed by atoms with Gasteiger partial charge in [-0.1, -0.05) is 6.07 Å². The van der Waals surface area contributed by atoms with E-state index >= 15 is 0 Å². The molecule has 0 N–H and O–H groups in total. The number of amides is 2. The van der Waals surface area contributed by atoms with E-state index in [2.05, 4.69) is 0 Å². The zero-order chi connectivity index (χ0) is 24.5. The lowest BCUT2D eigenvalue weighted by molar-refractivity contribution is 0.0535. The maximum Gasteiger partial charge on any atom is 0.254 e. The molecule has 2 fully saturated rings. The Morgan fingerprint density at radius 2 is 1.38 bits per heavy atom. The molecule has 2 amide bonds. The lowest BCUT2D eigenvalue weighted by Crippen LogP contribution is -2.50. The SMILES string of the molecule is COc1ccc(C(=O)N2CCN(C(=O)c3ccc(C)c(F)c3)CC2)cc1S(=O)(=O)N1CCCC1. The zero-order valence-electron chi connectivity index (χ0n) is 19.3. The van der Waals surface area contributed by atoms with Crippen LogP contribution in [-0.2, 0) is 10.0 Å². The first-order chi connectivity index (χ1) is 16.2. The minimum Gasteiger partial charge on any atom is -0.495 e. The molecule has 2 aliphatic heterocycles. The lowest BCUT2D eigenvalue weighted by Gasteiger charge is -2.35. The van der Waals surface area contributed by atoms with Gasteiger partial charge in [-0.15, -0.1) is 0 Å². The number of nitrogens with zero attached hydrogens (tertiary/aromatic N) is 3. The number of halogens is 1. The summed E-state index contributed by atoms with van der Waals surface area (Å²) in [6.45, 7) is 3.71. The predicted molar refractivity (Wildman–Crippen MR) is 124 cm³/mol. The Labute approximate surface area is 198 Å². The number of methoxy groups -OCH3 is 1. The fraction of sp³-hybridized carbons (Fsp3) is 0.417. The molecule has 2 aromatic carbocycles. The summed E-state index contributed by atoms with van der Waals surface area (Å²) in [5, 5.41) is 0. The number of carbonyl (C=O) groups excluding carboxylic acids is 2. The number of carbonyl (C=O) groups is 2. The topological polar surface area (TPSA) is 87.2 Å². The molecule has 2 aliphatic rings. The largest absolute Gasteiger partial charge is 0.495 e. The van der Waals surface area contributed by atoms with Crippen molar-refractivity contribution in [2.75, 3.05) is 46.4 Å². The Balaban J connectivity index is 1.48. The summed E-state index contributed by atoms with van der Waals surface area (Å²) in [5.41, 5.74) is 0.992. The molecule has 0 aliphatic carbocycles. The van der Waals surface area contributed by atoms with Gasteiger partial charge in [0.1, 0.15) is 16.5 Å². The van der Waals surface area contributed by atoms with E-state index in [-0.39, 0.29) is 33.6 Å². The third kappa shape index (κ3) is 4.65. The predicted octanol–water partition coefficient (Wildman–Crippen LogP) is 2.53. The standard InChI is InChI=1S/C24H28FN3O5S/c1-17-5-6-18(15-20(17)25)23(29)26-11-13-27(14-12-26)24(30)19-7-8-21(33-2)22(16-19)34(31,32)28-9-3-4-10-28/h5-8,15-16H,3-4,9-14H2,1-2H3. The van der Waals surface area contributed by atoms with E-state index in [4.69, 9.17) is 4.74 Å². The summed E-state index contributed by atoms with van der Waals surface area (Å²) < 4.78 is 46.8. The fourth-order valence-corrected chi connectivity index (χ4v) is 5.98. The van der Waals surface area contributed by atoms with Crippen molar-refractivity contribution >= 4 is 21.8 Å². The molecule has 2 heterocycles. The second-order valence-electron chi connectivity index (χ2n) is 8.53. The van der Waals surface area contributed by atoms with Crippen LogP contribution in [0, 0.1) is 12.7 Å². The Bertz CT molecular complexity index is 1200. The molecular formula is C24H28FN3O5S. The number of ether oxygens (including phenoxy) is 1. The molecule has 0 radical (unpaired) electrons. The van der Waals surface area contributed by atoms with E-state index in [0.29, 0.717) is 44.8 Å². The summed E-state index contributed by atoms with van der Waals surface area (Å²) in [6.07, 6.45) is 1.61. The van der Waals surface area contributed by atoms with Crippen LogP contribution in [0.1, 0.15) is 39.1 Å². The van der Waals surface area contributed by atoms with Crippen LogP contribution in [0.4, 0.5) is 4.39 Å². The summed E-state index contributed by atoms with van der Waals surface area (Å²) >= 11 is 0. The Hall–Kier alpha value is -2.98. The number of hydrogen-bond donors (Lipinski definition) is 0. The molecule has 4 rings (SSSR count). The van der Waals surface area contributed by atoms with Crippen LogP contribution in [0.15, 0.2) is 41.3 Å². The van der Waals surface area contributed by atoms with Crippen LogP contribution >= 0.6 is 0 Å². The van der Waals surface area contributed by atoms with E-state index in [1.165, 1.54) is 29.6 Å². The van der Waals surface area contributed by atoms with Gasteiger partial charge >= 0.3 is 0 Å². The quantitative estimate of drug-likeness (QED) is 0.644. The first kappa shape index (κ1) is 24.2. The highest BCUT2D eigenvalue weighted by molar-refractivity contribution is 7.89. The van der Waals surface area contributed by atoms with Gasteiger partial charge in [-0.25, -0.2) is 12.8 Å². The van der Waals surface area contributed by atoms with Gasteiger partial charge < -0.3 is 14.5 Å². The molecule has 0 atom stereocenters. The number of benzene rings is 2. The van der Waals surface area contributed by atoms with Crippen molar-refractivity contribution in [3.8, 4) is 5.75 Å². The van der Waals surface area contributed by atoms with Gasteiger partial charge in [-0.05, 0) is 55.7 Å². The molecule has 2 aromatic rings. The van der Waals surface area contributed by atoms with E-state index in [9.17, 15) is 22.4 Å². The van der Waals surface area contributed by atoms with Crippen molar-refractivity contribution in [1.82, 2.24) is 14.1 Å². The Morgan fingerprint density at radius 1 is 0.853 bits per heavy atom. The molecule has 0 aromatic heterocycles. The van der Waals surface area contributed by atoms with Gasteiger partial charge in [-0.3, -0.25) is 9.59 Å². The van der Waals surface area contributed by atoms with E-state index in [1.54, 1.807) is 34.9 Å². The van der Waals surface area contributed by atoms with Crippen molar-refractivity contribution in [1.29, 1.82) is 0 Å². The molecule has 0 bridgehead atoms. The van der Waals surface area contributed by atoms with Crippen LogP contribution < -0.4 is 4.74 Å². The Morgan fingerprint density at radius 3 is 1.91 bits per heavy atom. The van der Waals surface area contributed by atoms with Crippen LogP contribution in [-0.4, -0.2) is 80.7 Å². The molecule has 0 spiro atoms. The average Bonchev–Trinajstić information content (AvgIpc) is 3.40. The van der Waals surface area contributed by atoms with Gasteiger partial charge in [0.15, 0.2) is 0 Å². The van der Waals surface area contributed by atoms with Gasteiger partial charge in [0.05, 0.1) is 7.11 Å². The summed E-state index contributed by atoms with van der Waals surface area (Å²) in [7, 11) is -2.37. The zero-order valence-corrected chi connectivity index (χ0v) is 20.1. The van der Waals surface area contributed by atoms with Gasteiger partial charge in [0, 0.05) is 50.4 Å². The third-order valence-electron chi connectivity index (χ3n) is 6.37. The van der Waals surface area contributed by atoms with Gasteiger partial charge in [0.2, 0.25) is 10.0 Å². The number of piperazine rings is 1. The molecule has 10 heteroatoms. The van der Waals surface area contributed by atoms with E-state index in [1.807, 2.05) is 0 Å². The number of hydrogen-bond acceptors (Lipinski definition) is 5. The molecule has 8 nitrogen and oxygen atoms in total. The second kappa shape index (κ2) is 9.71. The summed E-state index contributed by atoms with van der Waals surface area (Å²) in [5.74, 6) is -0.827. The van der Waals surface area contributed by atoms with Crippen molar-refractivity contribution in [2.24, 2.45) is 0 Å². The van der Waals surface area contributed by atoms with Crippen LogP contribution in [0.3, 0.4) is 0 Å². The molecule has 0 saturated carbocycles. The molecule has 34 heavy (non-hydrogen) atoms. The smallest absolute Gasteiger partial charge is 0.254 e. The maximum atomic E-state index is 13.9. The fourth-order valence-electron chi connectivity index (χ4n) is 4.28. The van der Waals surface area contributed by atoms with Crippen LogP contribution in [0.5, 0.6) is 5.75 Å². The van der Waals surface area contributed by atoms with Crippen molar-refractivity contribution in [3.05, 3.63) is 58.9 Å². The first-order valence-corrected chi connectivity index (χ1v) is 12.7. The second-order valence-corrected chi connectivity index (χ2v) is 10.4. The van der Waals surface area contributed by atoms with Crippen LogP contribution in [0.25, 0.3) is 0 Å². The number of rotatable bonds is 5. The number of aryl methyl sites for hydroxylation is 1. The average molecular weight is 490 g/mol. The van der Waals surface area contributed by atoms with Crippen molar-refractivity contribution in [3.63, 3.8) is 0 Å². The summed E-state index contributed by atoms with van der Waals surface area (Å²) in [4.78, 5) is 29.0. The van der Waals surface area contributed by atoms with Gasteiger partial charge in [0.25, 0.3) is 11.8 Å². The highest BCUT2D eigenvalue weighted by Gasteiger charge is 2.32. The van der Waals surface area contributed by atoms with Gasteiger partial charge in [-0.2, -0.15) is 4.31 Å². The van der Waals surface area contributed by atoms with E-state index in [0.717, 1.165) is 12.8 Å². The molecular weight excluding hydrogens is 461 g/mol.